The third-order valence-corrected chi connectivity index (χ3v) is 5.26. The topological polar surface area (TPSA) is 34.9 Å². The lowest BCUT2D eigenvalue weighted by atomic mass is 9.88. The van der Waals surface area contributed by atoms with Gasteiger partial charge in [0, 0.05) is 18.9 Å². The van der Waals surface area contributed by atoms with Crippen molar-refractivity contribution in [3.8, 4) is 0 Å². The van der Waals surface area contributed by atoms with Crippen molar-refractivity contribution >= 4 is 38.2 Å². The van der Waals surface area contributed by atoms with Crippen molar-refractivity contribution in [1.82, 2.24) is 9.78 Å². The fourth-order valence-electron chi connectivity index (χ4n) is 3.43. The Morgan fingerprint density at radius 1 is 1.42 bits per heavy atom. The van der Waals surface area contributed by atoms with E-state index in [4.69, 9.17) is 0 Å². The summed E-state index contributed by atoms with van der Waals surface area (Å²) in [6, 6.07) is 4.25. The number of ketones is 1. The van der Waals surface area contributed by atoms with Crippen LogP contribution in [-0.4, -0.2) is 15.6 Å². The van der Waals surface area contributed by atoms with Crippen LogP contribution >= 0.6 is 15.9 Å². The second-order valence-corrected chi connectivity index (χ2v) is 6.18. The number of aromatic nitrogens is 2. The van der Waals surface area contributed by atoms with Gasteiger partial charge in [0.25, 0.3) is 0 Å². The number of halogens is 1. The summed E-state index contributed by atoms with van der Waals surface area (Å²) in [4.78, 5) is 11.9. The summed E-state index contributed by atoms with van der Waals surface area (Å²) in [6.45, 7) is 0. The molecular formula is C15H13BrN2O. The minimum absolute atomic E-state index is 0.241. The lowest BCUT2D eigenvalue weighted by Crippen LogP contribution is -2.13. The molecule has 1 heterocycles. The lowest BCUT2D eigenvalue weighted by molar-refractivity contribution is -0.115. The summed E-state index contributed by atoms with van der Waals surface area (Å²) in [5, 5.41) is 5.58. The van der Waals surface area contributed by atoms with E-state index in [2.05, 4.69) is 33.2 Å². The fourth-order valence-corrected chi connectivity index (χ4v) is 4.17. The molecule has 0 fully saturated rings. The number of nitrogens with zero attached hydrogens (tertiary/aromatic N) is 2. The molecular weight excluding hydrogens is 304 g/mol. The molecule has 19 heavy (non-hydrogen) atoms. The Labute approximate surface area is 119 Å². The van der Waals surface area contributed by atoms with Crippen LogP contribution in [-0.2, 0) is 18.3 Å². The normalized spacial score (nSPS) is 22.0. The number of aryl methyl sites for hydroxylation is 1. The molecule has 4 rings (SSSR count). The molecule has 2 aliphatic carbocycles. The Balaban J connectivity index is 2.03. The van der Waals surface area contributed by atoms with Gasteiger partial charge >= 0.3 is 0 Å². The van der Waals surface area contributed by atoms with Crippen molar-refractivity contribution in [2.24, 2.45) is 13.0 Å². The molecule has 0 saturated heterocycles. The van der Waals surface area contributed by atoms with Crippen LogP contribution in [0.5, 0.6) is 0 Å². The summed E-state index contributed by atoms with van der Waals surface area (Å²) >= 11 is 3.51. The summed E-state index contributed by atoms with van der Waals surface area (Å²) in [5.41, 5.74) is 4.99. The summed E-state index contributed by atoms with van der Waals surface area (Å²) in [6.07, 6.45) is 4.62. The van der Waals surface area contributed by atoms with E-state index >= 15 is 0 Å². The number of allylic oxidation sites excluding steroid dienone is 2. The van der Waals surface area contributed by atoms with Crippen molar-refractivity contribution < 1.29 is 4.79 Å². The molecule has 2 aliphatic rings. The van der Waals surface area contributed by atoms with Gasteiger partial charge in [0.05, 0.1) is 16.2 Å². The van der Waals surface area contributed by atoms with E-state index in [-0.39, 0.29) is 5.78 Å². The van der Waals surface area contributed by atoms with Crippen molar-refractivity contribution in [3.63, 3.8) is 0 Å². The molecule has 4 heteroatoms. The highest BCUT2D eigenvalue weighted by atomic mass is 79.9. The number of hydrogen-bond donors (Lipinski definition) is 0. The Morgan fingerprint density at radius 2 is 2.26 bits per heavy atom. The lowest BCUT2D eigenvalue weighted by Gasteiger charge is -2.19. The molecule has 96 valence electrons. The average molecular weight is 317 g/mol. The molecule has 1 aromatic carbocycles. The summed E-state index contributed by atoms with van der Waals surface area (Å²) in [5.74, 6) is 0.735. The number of Topliss-reactive ketones (excluding diaryl/α,β-unsaturated/α-hetero) is 1. The Hall–Kier alpha value is -1.42. The summed E-state index contributed by atoms with van der Waals surface area (Å²) < 4.78 is 2.71. The Kier molecular flexibility index (Phi) is 2.28. The maximum absolute atomic E-state index is 11.9. The smallest absolute Gasteiger partial charge is 0.170 e. The van der Waals surface area contributed by atoms with E-state index in [9.17, 15) is 4.79 Å². The zero-order valence-corrected chi connectivity index (χ0v) is 12.2. The van der Waals surface area contributed by atoms with Gasteiger partial charge < -0.3 is 0 Å². The van der Waals surface area contributed by atoms with Gasteiger partial charge in [-0.1, -0.05) is 6.07 Å². The number of carbonyl (C=O) groups is 1. The molecule has 0 saturated carbocycles. The van der Waals surface area contributed by atoms with Gasteiger partial charge in [-0.3, -0.25) is 9.48 Å². The summed E-state index contributed by atoms with van der Waals surface area (Å²) in [7, 11) is 1.97. The monoisotopic (exact) mass is 316 g/mol. The van der Waals surface area contributed by atoms with Crippen molar-refractivity contribution in [2.45, 2.75) is 19.3 Å². The molecule has 1 unspecified atom stereocenters. The van der Waals surface area contributed by atoms with Crippen LogP contribution in [0.25, 0.3) is 16.5 Å². The van der Waals surface area contributed by atoms with Crippen molar-refractivity contribution in [2.75, 3.05) is 0 Å². The van der Waals surface area contributed by atoms with E-state index in [1.54, 1.807) is 0 Å². The van der Waals surface area contributed by atoms with Crippen LogP contribution in [0.4, 0.5) is 0 Å². The number of rotatable bonds is 0. The molecule has 2 aromatic rings. The van der Waals surface area contributed by atoms with Crippen LogP contribution < -0.4 is 0 Å². The molecule has 0 amide bonds. The van der Waals surface area contributed by atoms with Crippen molar-refractivity contribution in [3.05, 3.63) is 33.9 Å². The van der Waals surface area contributed by atoms with E-state index in [0.717, 1.165) is 17.3 Å². The first-order valence-corrected chi connectivity index (χ1v) is 7.33. The predicted molar refractivity (Wildman–Crippen MR) is 78.0 cm³/mol. The minimum Gasteiger partial charge on any atom is -0.294 e. The van der Waals surface area contributed by atoms with Gasteiger partial charge in [0.2, 0.25) is 0 Å². The minimum atomic E-state index is 0.241. The number of carbonyl (C=O) groups excluding carboxylic acids is 1. The number of benzene rings is 1. The first-order valence-electron chi connectivity index (χ1n) is 6.53. The largest absolute Gasteiger partial charge is 0.294 e. The molecule has 0 N–H and O–H groups in total. The van der Waals surface area contributed by atoms with E-state index < -0.39 is 0 Å². The predicted octanol–water partition coefficient (Wildman–Crippen LogP) is 3.21. The highest BCUT2D eigenvalue weighted by molar-refractivity contribution is 9.12. The second-order valence-electron chi connectivity index (χ2n) is 5.38. The average Bonchev–Trinajstić information content (AvgIpc) is 2.95. The van der Waals surface area contributed by atoms with Gasteiger partial charge in [-0.25, -0.2) is 0 Å². The van der Waals surface area contributed by atoms with Crippen LogP contribution in [0.3, 0.4) is 0 Å². The van der Waals surface area contributed by atoms with Gasteiger partial charge in [-0.2, -0.15) is 5.10 Å². The van der Waals surface area contributed by atoms with E-state index in [1.165, 1.54) is 27.6 Å². The highest BCUT2D eigenvalue weighted by Gasteiger charge is 2.35. The highest BCUT2D eigenvalue weighted by Crippen LogP contribution is 2.48. The van der Waals surface area contributed by atoms with Crippen LogP contribution in [0, 0.1) is 5.92 Å². The van der Waals surface area contributed by atoms with Crippen molar-refractivity contribution in [1.29, 1.82) is 0 Å². The van der Waals surface area contributed by atoms with Gasteiger partial charge in [-0.05, 0) is 57.5 Å². The maximum Gasteiger partial charge on any atom is 0.170 e. The molecule has 1 atom stereocenters. The van der Waals surface area contributed by atoms with Crippen LogP contribution in [0.2, 0.25) is 0 Å². The third-order valence-electron chi connectivity index (χ3n) is 4.39. The molecule has 1 aromatic heterocycles. The molecule has 0 radical (unpaired) electrons. The second kappa shape index (κ2) is 3.79. The van der Waals surface area contributed by atoms with E-state index in [0.29, 0.717) is 12.3 Å². The molecule has 0 bridgehead atoms. The Bertz CT molecular complexity index is 757. The standard InChI is InChI=1S/C15H13BrN2O/c1-18-12-4-3-9-10(11(12)7-17-18)6-8-2-5-13(19)15(16)14(8)9/h3-4,7-8H,2,5-6H2,1H3. The van der Waals surface area contributed by atoms with Gasteiger partial charge in [-0.15, -0.1) is 0 Å². The maximum atomic E-state index is 11.9. The van der Waals surface area contributed by atoms with Gasteiger partial charge in [0.1, 0.15) is 0 Å². The van der Waals surface area contributed by atoms with Gasteiger partial charge in [0.15, 0.2) is 5.78 Å². The first kappa shape index (κ1) is 11.4. The van der Waals surface area contributed by atoms with Crippen LogP contribution in [0.15, 0.2) is 22.8 Å². The quantitative estimate of drug-likeness (QED) is 0.748. The third kappa shape index (κ3) is 1.43. The zero-order valence-electron chi connectivity index (χ0n) is 10.6. The number of hydrogen-bond acceptors (Lipinski definition) is 2. The fraction of sp³-hybridized carbons (Fsp3) is 0.333. The zero-order chi connectivity index (χ0) is 13.1. The molecule has 0 spiro atoms. The Morgan fingerprint density at radius 3 is 3.11 bits per heavy atom. The van der Waals surface area contributed by atoms with E-state index in [1.807, 2.05) is 17.9 Å². The number of fused-ring (bicyclic) bond motifs is 5. The molecule has 0 aliphatic heterocycles. The molecule has 3 nitrogen and oxygen atoms in total. The van der Waals surface area contributed by atoms with Crippen LogP contribution in [0.1, 0.15) is 24.0 Å². The first-order chi connectivity index (χ1) is 9.16. The SMILES string of the molecule is Cn1ncc2c3c(ccc21)C1=C(Br)C(=O)CCC1C3.